The molecule has 0 aromatic heterocycles. The van der Waals surface area contributed by atoms with Crippen molar-refractivity contribution in [3.8, 4) is 11.5 Å². The first-order valence-corrected chi connectivity index (χ1v) is 10.4. The summed E-state index contributed by atoms with van der Waals surface area (Å²) in [5, 5.41) is 0. The van der Waals surface area contributed by atoms with Gasteiger partial charge < -0.3 is 18.9 Å². The van der Waals surface area contributed by atoms with Gasteiger partial charge in [0.15, 0.2) is 17.6 Å². The van der Waals surface area contributed by atoms with Crippen LogP contribution in [0.3, 0.4) is 0 Å². The number of piperidine rings is 1. The van der Waals surface area contributed by atoms with Crippen molar-refractivity contribution >= 4 is 22.0 Å². The molecular weight excluding hydrogens is 390 g/mol. The molecule has 0 spiro atoms. The first-order valence-electron chi connectivity index (χ1n) is 9.01. The Morgan fingerprint density at radius 3 is 2.43 bits per heavy atom. The van der Waals surface area contributed by atoms with E-state index in [9.17, 15) is 18.0 Å². The molecule has 0 N–H and O–H groups in total. The third-order valence-corrected chi connectivity index (χ3v) is 6.66. The Labute approximate surface area is 163 Å². The summed E-state index contributed by atoms with van der Waals surface area (Å²) in [6.07, 6.45) is -0.357. The van der Waals surface area contributed by atoms with E-state index in [1.54, 1.807) is 6.07 Å². The van der Waals surface area contributed by atoms with Gasteiger partial charge in [0, 0.05) is 19.2 Å². The van der Waals surface area contributed by atoms with E-state index in [1.165, 1.54) is 30.5 Å². The zero-order chi connectivity index (χ0) is 20.3. The fourth-order valence-electron chi connectivity index (χ4n) is 3.15. The van der Waals surface area contributed by atoms with Crippen molar-refractivity contribution in [2.24, 2.45) is 5.92 Å². The number of fused-ring (bicyclic) bond motifs is 1. The normalized spacial score (nSPS) is 18.9. The number of nitrogens with zero attached hydrogens (tertiary/aromatic N) is 1. The Bertz CT molecular complexity index is 845. The number of benzene rings is 1. The van der Waals surface area contributed by atoms with Crippen LogP contribution in [0.15, 0.2) is 23.1 Å². The molecule has 28 heavy (non-hydrogen) atoms. The number of esters is 2. The SMILES string of the molecule is COC(=O)[C@H](C)OC(=O)C1CCN(S(=O)(=O)c2ccc3c(c2)OCCO3)CC1. The Hall–Kier alpha value is -2.33. The van der Waals surface area contributed by atoms with Crippen molar-refractivity contribution < 1.29 is 37.0 Å². The molecule has 0 radical (unpaired) electrons. The maximum Gasteiger partial charge on any atom is 0.346 e. The minimum atomic E-state index is -3.71. The predicted molar refractivity (Wildman–Crippen MR) is 96.5 cm³/mol. The van der Waals surface area contributed by atoms with Gasteiger partial charge in [0.1, 0.15) is 13.2 Å². The van der Waals surface area contributed by atoms with Crippen molar-refractivity contribution in [1.82, 2.24) is 4.31 Å². The van der Waals surface area contributed by atoms with Crippen LogP contribution in [0.4, 0.5) is 0 Å². The Kier molecular flexibility index (Phi) is 6.09. The van der Waals surface area contributed by atoms with E-state index in [4.69, 9.17) is 14.2 Å². The highest BCUT2D eigenvalue weighted by Gasteiger charge is 2.34. The van der Waals surface area contributed by atoms with Crippen LogP contribution in [0.1, 0.15) is 19.8 Å². The van der Waals surface area contributed by atoms with Gasteiger partial charge in [-0.25, -0.2) is 13.2 Å². The van der Waals surface area contributed by atoms with Gasteiger partial charge in [0.05, 0.1) is 17.9 Å². The van der Waals surface area contributed by atoms with Gasteiger partial charge in [-0.1, -0.05) is 0 Å². The average molecular weight is 413 g/mol. The van der Waals surface area contributed by atoms with Crippen LogP contribution in [0, 0.1) is 5.92 Å². The highest BCUT2D eigenvalue weighted by Crippen LogP contribution is 2.34. The highest BCUT2D eigenvalue weighted by molar-refractivity contribution is 7.89. The number of hydrogen-bond donors (Lipinski definition) is 0. The van der Waals surface area contributed by atoms with Gasteiger partial charge in [-0.15, -0.1) is 0 Å². The second-order valence-electron chi connectivity index (χ2n) is 6.59. The quantitative estimate of drug-likeness (QED) is 0.657. The molecule has 10 heteroatoms. The van der Waals surface area contributed by atoms with Crippen LogP contribution < -0.4 is 9.47 Å². The zero-order valence-electron chi connectivity index (χ0n) is 15.8. The Balaban J connectivity index is 1.62. The summed E-state index contributed by atoms with van der Waals surface area (Å²) in [4.78, 5) is 23.7. The zero-order valence-corrected chi connectivity index (χ0v) is 16.6. The molecular formula is C18H23NO8S. The largest absolute Gasteiger partial charge is 0.486 e. The first kappa shape index (κ1) is 20.4. The fourth-order valence-corrected chi connectivity index (χ4v) is 4.64. The summed E-state index contributed by atoms with van der Waals surface area (Å²) in [5.41, 5.74) is 0. The fraction of sp³-hybridized carbons (Fsp3) is 0.556. The van der Waals surface area contributed by atoms with Crippen LogP contribution in [-0.2, 0) is 29.1 Å². The lowest BCUT2D eigenvalue weighted by atomic mass is 9.98. The molecule has 1 aromatic rings. The van der Waals surface area contributed by atoms with E-state index in [-0.39, 0.29) is 18.0 Å². The van der Waals surface area contributed by atoms with Crippen molar-refractivity contribution in [2.45, 2.75) is 30.8 Å². The third-order valence-electron chi connectivity index (χ3n) is 4.76. The monoisotopic (exact) mass is 413 g/mol. The topological polar surface area (TPSA) is 108 Å². The molecule has 154 valence electrons. The summed E-state index contributed by atoms with van der Waals surface area (Å²) in [6.45, 7) is 2.60. The number of sulfonamides is 1. The van der Waals surface area contributed by atoms with Gasteiger partial charge in [-0.2, -0.15) is 4.31 Å². The Morgan fingerprint density at radius 1 is 1.14 bits per heavy atom. The maximum atomic E-state index is 12.9. The summed E-state index contributed by atoms with van der Waals surface area (Å²) in [7, 11) is -2.50. The lowest BCUT2D eigenvalue weighted by Gasteiger charge is -2.30. The summed E-state index contributed by atoms with van der Waals surface area (Å²) in [5.74, 6) is -0.686. The van der Waals surface area contributed by atoms with E-state index < -0.39 is 34.0 Å². The number of carbonyl (C=O) groups is 2. The van der Waals surface area contributed by atoms with E-state index in [2.05, 4.69) is 4.74 Å². The molecule has 1 aromatic carbocycles. The van der Waals surface area contributed by atoms with Crippen molar-refractivity contribution in [2.75, 3.05) is 33.4 Å². The van der Waals surface area contributed by atoms with Crippen molar-refractivity contribution in [3.63, 3.8) is 0 Å². The molecule has 9 nitrogen and oxygen atoms in total. The maximum absolute atomic E-state index is 12.9. The number of ether oxygens (including phenoxy) is 4. The lowest BCUT2D eigenvalue weighted by Crippen LogP contribution is -2.41. The molecule has 1 atom stereocenters. The number of carbonyl (C=O) groups excluding carboxylic acids is 2. The standard InChI is InChI=1S/C18H23NO8S/c1-12(17(20)24-2)27-18(21)13-5-7-19(8-6-13)28(22,23)14-3-4-15-16(11-14)26-10-9-25-15/h3-4,11-13H,5-10H2,1-2H3/t12-/m0/s1. The smallest absolute Gasteiger partial charge is 0.346 e. The molecule has 0 aliphatic carbocycles. The van der Waals surface area contributed by atoms with Crippen LogP contribution >= 0.6 is 0 Å². The number of rotatable bonds is 5. The van der Waals surface area contributed by atoms with E-state index in [1.807, 2.05) is 0 Å². The average Bonchev–Trinajstić information content (AvgIpc) is 2.72. The molecule has 2 heterocycles. The second-order valence-corrected chi connectivity index (χ2v) is 8.52. The number of hydrogen-bond acceptors (Lipinski definition) is 8. The lowest BCUT2D eigenvalue weighted by molar-refractivity contribution is -0.168. The third kappa shape index (κ3) is 4.22. The number of methoxy groups -OCH3 is 1. The van der Waals surface area contributed by atoms with E-state index in [0.29, 0.717) is 37.6 Å². The second kappa shape index (κ2) is 8.36. The Morgan fingerprint density at radius 2 is 1.79 bits per heavy atom. The molecule has 3 rings (SSSR count). The minimum absolute atomic E-state index is 0.122. The van der Waals surface area contributed by atoms with Crippen molar-refractivity contribution in [1.29, 1.82) is 0 Å². The van der Waals surface area contributed by atoms with E-state index in [0.717, 1.165) is 0 Å². The van der Waals surface area contributed by atoms with Gasteiger partial charge >= 0.3 is 11.9 Å². The summed E-state index contributed by atoms with van der Waals surface area (Å²) in [6, 6.07) is 4.53. The molecule has 1 fully saturated rings. The van der Waals surface area contributed by atoms with Crippen LogP contribution in [0.25, 0.3) is 0 Å². The predicted octanol–water partition coefficient (Wildman–Crippen LogP) is 0.963. The van der Waals surface area contributed by atoms with Gasteiger partial charge in [-0.05, 0) is 31.9 Å². The van der Waals surface area contributed by atoms with Crippen LogP contribution in [0.5, 0.6) is 11.5 Å². The molecule has 0 unspecified atom stereocenters. The van der Waals surface area contributed by atoms with Crippen molar-refractivity contribution in [3.05, 3.63) is 18.2 Å². The molecule has 0 bridgehead atoms. The van der Waals surface area contributed by atoms with Crippen LogP contribution in [-0.4, -0.2) is 64.2 Å². The summed E-state index contributed by atoms with van der Waals surface area (Å²) >= 11 is 0. The first-order chi connectivity index (χ1) is 13.3. The molecule has 0 saturated carbocycles. The van der Waals surface area contributed by atoms with Gasteiger partial charge in [0.2, 0.25) is 10.0 Å². The molecule has 1 saturated heterocycles. The van der Waals surface area contributed by atoms with Gasteiger partial charge in [0.25, 0.3) is 0 Å². The summed E-state index contributed by atoms with van der Waals surface area (Å²) < 4.78 is 47.7. The molecule has 2 aliphatic rings. The highest BCUT2D eigenvalue weighted by atomic mass is 32.2. The van der Waals surface area contributed by atoms with Gasteiger partial charge in [-0.3, -0.25) is 4.79 Å². The molecule has 2 aliphatic heterocycles. The van der Waals surface area contributed by atoms with Crippen LogP contribution in [0.2, 0.25) is 0 Å². The van der Waals surface area contributed by atoms with E-state index >= 15 is 0 Å². The molecule has 0 amide bonds. The minimum Gasteiger partial charge on any atom is -0.486 e.